The van der Waals surface area contributed by atoms with Crippen molar-refractivity contribution in [3.63, 3.8) is 0 Å². The molecule has 0 saturated carbocycles. The molecule has 1 N–H and O–H groups in total. The summed E-state index contributed by atoms with van der Waals surface area (Å²) in [6.07, 6.45) is 9.13. The molecule has 0 atom stereocenters. The van der Waals surface area contributed by atoms with Gasteiger partial charge in [0.2, 0.25) is 0 Å². The highest BCUT2D eigenvalue weighted by atomic mass is 14.9. The van der Waals surface area contributed by atoms with Gasteiger partial charge in [0.25, 0.3) is 0 Å². The van der Waals surface area contributed by atoms with Gasteiger partial charge in [-0.25, -0.2) is 9.97 Å². The molecule has 4 aromatic carbocycles. The van der Waals surface area contributed by atoms with Crippen molar-refractivity contribution in [2.75, 3.05) is 6.54 Å². The van der Waals surface area contributed by atoms with E-state index in [0.29, 0.717) is 6.54 Å². The van der Waals surface area contributed by atoms with Gasteiger partial charge < -0.3 is 5.32 Å². The van der Waals surface area contributed by atoms with Crippen molar-refractivity contribution in [3.05, 3.63) is 79.0 Å². The zero-order chi connectivity index (χ0) is 18.5. The molecule has 2 heterocycles. The maximum Gasteiger partial charge on any atom is 0.115 e. The lowest BCUT2D eigenvalue weighted by atomic mass is 9.86. The highest BCUT2D eigenvalue weighted by molar-refractivity contribution is 6.27. The fraction of sp³-hybridized carbons (Fsp3) is 0.0417. The van der Waals surface area contributed by atoms with Gasteiger partial charge in [-0.3, -0.25) is 4.99 Å². The van der Waals surface area contributed by atoms with Crippen LogP contribution >= 0.6 is 0 Å². The lowest BCUT2D eigenvalue weighted by molar-refractivity contribution is 1.15. The van der Waals surface area contributed by atoms with E-state index in [9.17, 15) is 0 Å². The predicted octanol–water partition coefficient (Wildman–Crippen LogP) is 5.01. The summed E-state index contributed by atoms with van der Waals surface area (Å²) in [7, 11) is 0. The van der Waals surface area contributed by atoms with Crippen molar-refractivity contribution in [3.8, 4) is 11.1 Å². The van der Waals surface area contributed by atoms with Crippen molar-refractivity contribution < 1.29 is 0 Å². The van der Waals surface area contributed by atoms with Crippen LogP contribution in [0.1, 0.15) is 5.56 Å². The van der Waals surface area contributed by atoms with Gasteiger partial charge >= 0.3 is 0 Å². The number of rotatable bonds is 2. The van der Waals surface area contributed by atoms with E-state index in [-0.39, 0.29) is 0 Å². The van der Waals surface area contributed by atoms with Crippen LogP contribution in [0.25, 0.3) is 49.0 Å². The molecule has 0 saturated heterocycles. The maximum atomic E-state index is 4.42. The zero-order valence-electron chi connectivity index (χ0n) is 15.1. The summed E-state index contributed by atoms with van der Waals surface area (Å²) in [5.74, 6) is 0. The van der Waals surface area contributed by atoms with E-state index >= 15 is 0 Å². The van der Waals surface area contributed by atoms with Crippen LogP contribution in [0.3, 0.4) is 0 Å². The molecule has 4 nitrogen and oxygen atoms in total. The minimum atomic E-state index is 0.668. The Balaban J connectivity index is 1.82. The summed E-state index contributed by atoms with van der Waals surface area (Å²) in [6, 6.07) is 17.6. The quantitative estimate of drug-likeness (QED) is 0.450. The van der Waals surface area contributed by atoms with Crippen molar-refractivity contribution >= 4 is 44.2 Å². The standard InChI is InChI=1S/C24H16N4/c1-2-15-4-6-19-21(17-9-25-13-26-10-17)8-22(18-11-27-14-28-12-18)20-7-5-16(3-1)23(15)24(19)20/h1-11,13-14H,12H2,(H,27,28). The summed E-state index contributed by atoms with van der Waals surface area (Å²) >= 11 is 0. The van der Waals surface area contributed by atoms with E-state index in [0.717, 1.165) is 11.1 Å². The molecule has 0 fully saturated rings. The fourth-order valence-electron chi connectivity index (χ4n) is 4.32. The van der Waals surface area contributed by atoms with Gasteiger partial charge in [-0.1, -0.05) is 42.5 Å². The summed E-state index contributed by atoms with van der Waals surface area (Å²) in [5, 5.41) is 10.8. The van der Waals surface area contributed by atoms with E-state index in [1.165, 1.54) is 43.5 Å². The van der Waals surface area contributed by atoms with Crippen molar-refractivity contribution in [2.45, 2.75) is 0 Å². The topological polar surface area (TPSA) is 50.2 Å². The SMILES string of the molecule is C1=NCC(c2cc(-c3cncnc3)c3ccc4cccc5ccc2c3c54)=CN1. The number of aromatic nitrogens is 2. The van der Waals surface area contributed by atoms with Crippen LogP contribution < -0.4 is 5.32 Å². The average molecular weight is 360 g/mol. The molecule has 0 radical (unpaired) electrons. The number of nitrogens with one attached hydrogen (secondary N) is 1. The Labute approximate surface area is 161 Å². The second-order valence-corrected chi connectivity index (χ2v) is 7.09. The molecule has 1 aliphatic rings. The number of hydrogen-bond donors (Lipinski definition) is 1. The van der Waals surface area contributed by atoms with E-state index in [4.69, 9.17) is 0 Å². The molecule has 0 bridgehead atoms. The van der Waals surface area contributed by atoms with E-state index in [2.05, 4.69) is 68.8 Å². The maximum absolute atomic E-state index is 4.42. The van der Waals surface area contributed by atoms with Crippen LogP contribution in [0.2, 0.25) is 0 Å². The normalized spacial score (nSPS) is 13.9. The van der Waals surface area contributed by atoms with Gasteiger partial charge in [-0.2, -0.15) is 0 Å². The van der Waals surface area contributed by atoms with Crippen molar-refractivity contribution in [2.24, 2.45) is 4.99 Å². The molecule has 1 aliphatic heterocycles. The molecule has 28 heavy (non-hydrogen) atoms. The molecular formula is C24H16N4. The molecule has 0 amide bonds. The molecule has 5 aromatic rings. The highest BCUT2D eigenvalue weighted by Gasteiger charge is 2.17. The summed E-state index contributed by atoms with van der Waals surface area (Å²) in [5.41, 5.74) is 4.55. The van der Waals surface area contributed by atoms with Crippen LogP contribution in [0.15, 0.2) is 78.4 Å². The zero-order valence-corrected chi connectivity index (χ0v) is 15.1. The van der Waals surface area contributed by atoms with Crippen LogP contribution in [0.5, 0.6) is 0 Å². The summed E-state index contributed by atoms with van der Waals surface area (Å²) in [4.78, 5) is 12.9. The Kier molecular flexibility index (Phi) is 3.20. The molecule has 0 unspecified atom stereocenters. The Hall–Kier alpha value is -3.79. The first kappa shape index (κ1) is 15.3. The molecular weight excluding hydrogens is 344 g/mol. The largest absolute Gasteiger partial charge is 0.353 e. The van der Waals surface area contributed by atoms with Gasteiger partial charge in [0.1, 0.15) is 6.33 Å². The average Bonchev–Trinajstić information content (AvgIpc) is 2.78. The monoisotopic (exact) mass is 360 g/mol. The second kappa shape index (κ2) is 5.86. The molecule has 4 heteroatoms. The Morgan fingerprint density at radius 1 is 0.786 bits per heavy atom. The van der Waals surface area contributed by atoms with Gasteiger partial charge in [0, 0.05) is 24.2 Å². The van der Waals surface area contributed by atoms with Crippen LogP contribution in [0, 0.1) is 0 Å². The van der Waals surface area contributed by atoms with Crippen LogP contribution in [-0.4, -0.2) is 22.9 Å². The fourth-order valence-corrected chi connectivity index (χ4v) is 4.32. The van der Waals surface area contributed by atoms with E-state index in [1.807, 2.05) is 18.6 Å². The highest BCUT2D eigenvalue weighted by Crippen LogP contribution is 2.42. The summed E-state index contributed by atoms with van der Waals surface area (Å²) < 4.78 is 0. The number of aliphatic imine (C=N–C) groups is 1. The Morgan fingerprint density at radius 2 is 1.54 bits per heavy atom. The van der Waals surface area contributed by atoms with Gasteiger partial charge in [-0.15, -0.1) is 0 Å². The third kappa shape index (κ3) is 2.15. The van der Waals surface area contributed by atoms with Gasteiger partial charge in [0.15, 0.2) is 0 Å². The van der Waals surface area contributed by atoms with E-state index < -0.39 is 0 Å². The van der Waals surface area contributed by atoms with Crippen molar-refractivity contribution in [1.82, 2.24) is 15.3 Å². The molecule has 0 aliphatic carbocycles. The van der Waals surface area contributed by atoms with Crippen LogP contribution in [0.4, 0.5) is 0 Å². The number of hydrogen-bond acceptors (Lipinski definition) is 4. The van der Waals surface area contributed by atoms with Gasteiger partial charge in [0.05, 0.1) is 12.9 Å². The molecule has 6 rings (SSSR count). The Morgan fingerprint density at radius 3 is 2.25 bits per heavy atom. The van der Waals surface area contributed by atoms with Crippen LogP contribution in [-0.2, 0) is 0 Å². The lowest BCUT2D eigenvalue weighted by Gasteiger charge is -2.19. The summed E-state index contributed by atoms with van der Waals surface area (Å²) in [6.45, 7) is 0.668. The minimum absolute atomic E-state index is 0.668. The number of nitrogens with zero attached hydrogens (tertiary/aromatic N) is 3. The van der Waals surface area contributed by atoms with E-state index in [1.54, 1.807) is 12.7 Å². The first-order valence-corrected chi connectivity index (χ1v) is 9.30. The third-order valence-electron chi connectivity index (χ3n) is 5.55. The molecule has 1 aromatic heterocycles. The first-order valence-electron chi connectivity index (χ1n) is 9.30. The number of benzene rings is 4. The first-order chi connectivity index (χ1) is 13.9. The predicted molar refractivity (Wildman–Crippen MR) is 116 cm³/mol. The molecule has 0 spiro atoms. The van der Waals surface area contributed by atoms with Crippen molar-refractivity contribution in [1.29, 1.82) is 0 Å². The smallest absolute Gasteiger partial charge is 0.115 e. The lowest BCUT2D eigenvalue weighted by Crippen LogP contribution is -2.10. The second-order valence-electron chi connectivity index (χ2n) is 7.09. The van der Waals surface area contributed by atoms with Gasteiger partial charge in [-0.05, 0) is 55.1 Å². The molecule has 132 valence electrons. The third-order valence-corrected chi connectivity index (χ3v) is 5.55. The minimum Gasteiger partial charge on any atom is -0.353 e. The Bertz CT molecular complexity index is 1380.